The molecule has 1 aliphatic rings. The molecule has 0 saturated heterocycles. The van der Waals surface area contributed by atoms with Crippen LogP contribution in [0.4, 0.5) is 0 Å². The van der Waals surface area contributed by atoms with E-state index in [-0.39, 0.29) is 5.41 Å². The molecule has 1 aliphatic heterocycles. The normalized spacial score (nSPS) is 24.1. The van der Waals surface area contributed by atoms with Crippen LogP contribution in [-0.2, 0) is 12.0 Å². The number of halogens is 1. The van der Waals surface area contributed by atoms with Gasteiger partial charge in [-0.3, -0.25) is 0 Å². The van der Waals surface area contributed by atoms with Crippen molar-refractivity contribution in [2.75, 3.05) is 17.5 Å². The SMILES string of the molecule is NCCC1(CCI)CNCc2ccccc21. The summed E-state index contributed by atoms with van der Waals surface area (Å²) >= 11 is 2.47. The van der Waals surface area contributed by atoms with Crippen molar-refractivity contribution in [3.63, 3.8) is 0 Å². The van der Waals surface area contributed by atoms with E-state index in [4.69, 9.17) is 5.73 Å². The number of rotatable bonds is 4. The van der Waals surface area contributed by atoms with Crippen LogP contribution in [0.15, 0.2) is 24.3 Å². The summed E-state index contributed by atoms with van der Waals surface area (Å²) in [7, 11) is 0. The highest BCUT2D eigenvalue weighted by atomic mass is 127. The highest BCUT2D eigenvalue weighted by Crippen LogP contribution is 2.36. The Morgan fingerprint density at radius 1 is 1.31 bits per heavy atom. The number of alkyl halides is 1. The molecule has 1 aromatic carbocycles. The predicted octanol–water partition coefficient (Wildman–Crippen LogP) is 2.20. The molecule has 16 heavy (non-hydrogen) atoms. The van der Waals surface area contributed by atoms with Gasteiger partial charge < -0.3 is 11.1 Å². The number of fused-ring (bicyclic) bond motifs is 1. The molecule has 1 atom stereocenters. The Hall–Kier alpha value is -0.130. The third kappa shape index (κ3) is 2.26. The van der Waals surface area contributed by atoms with Gasteiger partial charge in [0.25, 0.3) is 0 Å². The van der Waals surface area contributed by atoms with Gasteiger partial charge in [-0.25, -0.2) is 0 Å². The second kappa shape index (κ2) is 5.47. The van der Waals surface area contributed by atoms with Gasteiger partial charge in [-0.1, -0.05) is 46.9 Å². The van der Waals surface area contributed by atoms with Crippen molar-refractivity contribution >= 4 is 22.6 Å². The molecule has 2 nitrogen and oxygen atoms in total. The van der Waals surface area contributed by atoms with Crippen molar-refractivity contribution in [3.05, 3.63) is 35.4 Å². The molecule has 1 aromatic rings. The van der Waals surface area contributed by atoms with E-state index in [0.717, 1.165) is 26.1 Å². The second-order valence-electron chi connectivity index (χ2n) is 4.52. The van der Waals surface area contributed by atoms with Crippen LogP contribution in [0.2, 0.25) is 0 Å². The first-order valence-corrected chi connectivity index (χ1v) is 7.40. The average Bonchev–Trinajstić information content (AvgIpc) is 2.30. The first-order chi connectivity index (χ1) is 7.82. The van der Waals surface area contributed by atoms with Gasteiger partial charge in [-0.15, -0.1) is 0 Å². The molecular weight excluding hydrogens is 311 g/mol. The highest BCUT2D eigenvalue weighted by Gasteiger charge is 2.34. The maximum atomic E-state index is 5.80. The molecule has 2 rings (SSSR count). The number of nitrogens with one attached hydrogen (secondary N) is 1. The van der Waals surface area contributed by atoms with Gasteiger partial charge in [0.1, 0.15) is 0 Å². The van der Waals surface area contributed by atoms with Crippen molar-refractivity contribution < 1.29 is 0 Å². The molecular formula is C13H19IN2. The van der Waals surface area contributed by atoms with Crippen LogP contribution in [0.25, 0.3) is 0 Å². The van der Waals surface area contributed by atoms with Gasteiger partial charge in [0.05, 0.1) is 0 Å². The fourth-order valence-corrected chi connectivity index (χ4v) is 3.78. The Labute approximate surface area is 111 Å². The molecule has 0 amide bonds. The van der Waals surface area contributed by atoms with Crippen LogP contribution in [0.1, 0.15) is 24.0 Å². The van der Waals surface area contributed by atoms with E-state index in [1.807, 2.05) is 0 Å². The zero-order valence-electron chi connectivity index (χ0n) is 9.51. The van der Waals surface area contributed by atoms with E-state index in [1.165, 1.54) is 22.0 Å². The first kappa shape index (κ1) is 12.3. The Morgan fingerprint density at radius 3 is 2.88 bits per heavy atom. The number of benzene rings is 1. The molecule has 3 N–H and O–H groups in total. The molecule has 1 heterocycles. The van der Waals surface area contributed by atoms with Crippen molar-refractivity contribution in [1.29, 1.82) is 0 Å². The lowest BCUT2D eigenvalue weighted by atomic mass is 9.71. The van der Waals surface area contributed by atoms with Crippen LogP contribution in [0.5, 0.6) is 0 Å². The van der Waals surface area contributed by atoms with E-state index in [0.29, 0.717) is 0 Å². The molecule has 0 bridgehead atoms. The average molecular weight is 330 g/mol. The molecule has 3 heteroatoms. The third-order valence-corrected chi connectivity index (χ3v) is 4.10. The zero-order chi connectivity index (χ0) is 11.4. The third-order valence-electron chi connectivity index (χ3n) is 3.56. The van der Waals surface area contributed by atoms with Gasteiger partial charge in [-0.05, 0) is 30.5 Å². The van der Waals surface area contributed by atoms with Crippen LogP contribution < -0.4 is 11.1 Å². The highest BCUT2D eigenvalue weighted by molar-refractivity contribution is 14.1. The summed E-state index contributed by atoms with van der Waals surface area (Å²) in [6.07, 6.45) is 2.30. The van der Waals surface area contributed by atoms with E-state index < -0.39 is 0 Å². The minimum Gasteiger partial charge on any atom is -0.330 e. The molecule has 0 spiro atoms. The predicted molar refractivity (Wildman–Crippen MR) is 77.0 cm³/mol. The monoisotopic (exact) mass is 330 g/mol. The van der Waals surface area contributed by atoms with Crippen LogP contribution >= 0.6 is 22.6 Å². The van der Waals surface area contributed by atoms with E-state index >= 15 is 0 Å². The second-order valence-corrected chi connectivity index (χ2v) is 5.60. The number of nitrogens with two attached hydrogens (primary N) is 1. The van der Waals surface area contributed by atoms with Crippen LogP contribution in [-0.4, -0.2) is 17.5 Å². The number of hydrogen-bond donors (Lipinski definition) is 2. The lowest BCUT2D eigenvalue weighted by Gasteiger charge is -2.39. The van der Waals surface area contributed by atoms with E-state index in [9.17, 15) is 0 Å². The Balaban J connectivity index is 2.39. The maximum absolute atomic E-state index is 5.80. The van der Waals surface area contributed by atoms with Crippen molar-refractivity contribution in [2.45, 2.75) is 24.8 Å². The standard InChI is InChI=1S/C13H19IN2/c14-7-5-13(6-8-15)10-16-9-11-3-1-2-4-12(11)13/h1-4,16H,5-10,15H2. The van der Waals surface area contributed by atoms with Gasteiger partial charge in [0.15, 0.2) is 0 Å². The van der Waals surface area contributed by atoms with Gasteiger partial charge >= 0.3 is 0 Å². The summed E-state index contributed by atoms with van der Waals surface area (Å²) in [4.78, 5) is 0. The van der Waals surface area contributed by atoms with Crippen molar-refractivity contribution in [2.24, 2.45) is 5.73 Å². The summed E-state index contributed by atoms with van der Waals surface area (Å²) in [6, 6.07) is 8.81. The Kier molecular flexibility index (Phi) is 4.21. The quantitative estimate of drug-likeness (QED) is 0.656. The fourth-order valence-electron chi connectivity index (χ4n) is 2.75. The smallest absolute Gasteiger partial charge is 0.0208 e. The summed E-state index contributed by atoms with van der Waals surface area (Å²) in [5, 5.41) is 3.54. The zero-order valence-corrected chi connectivity index (χ0v) is 11.7. The molecule has 0 radical (unpaired) electrons. The largest absolute Gasteiger partial charge is 0.330 e. The summed E-state index contributed by atoms with van der Waals surface area (Å²) in [5.41, 5.74) is 9.05. The fraction of sp³-hybridized carbons (Fsp3) is 0.538. The van der Waals surface area contributed by atoms with E-state index in [1.54, 1.807) is 0 Å². The molecule has 88 valence electrons. The minimum absolute atomic E-state index is 0.269. The Bertz CT molecular complexity index is 346. The van der Waals surface area contributed by atoms with E-state index in [2.05, 4.69) is 52.2 Å². The molecule has 1 unspecified atom stereocenters. The van der Waals surface area contributed by atoms with Crippen molar-refractivity contribution in [3.8, 4) is 0 Å². The Morgan fingerprint density at radius 2 is 2.12 bits per heavy atom. The van der Waals surface area contributed by atoms with Gasteiger partial charge in [-0.2, -0.15) is 0 Å². The minimum atomic E-state index is 0.269. The maximum Gasteiger partial charge on any atom is 0.0208 e. The molecule has 0 aliphatic carbocycles. The summed E-state index contributed by atoms with van der Waals surface area (Å²) < 4.78 is 1.19. The van der Waals surface area contributed by atoms with Crippen LogP contribution in [0.3, 0.4) is 0 Å². The lowest BCUT2D eigenvalue weighted by molar-refractivity contribution is 0.340. The van der Waals surface area contributed by atoms with Gasteiger partial charge in [0.2, 0.25) is 0 Å². The van der Waals surface area contributed by atoms with Crippen LogP contribution in [0, 0.1) is 0 Å². The topological polar surface area (TPSA) is 38.0 Å². The molecule has 0 saturated carbocycles. The summed E-state index contributed by atoms with van der Waals surface area (Å²) in [6.45, 7) is 2.85. The lowest BCUT2D eigenvalue weighted by Crippen LogP contribution is -2.44. The van der Waals surface area contributed by atoms with Crippen molar-refractivity contribution in [1.82, 2.24) is 5.32 Å². The first-order valence-electron chi connectivity index (χ1n) is 5.87. The summed E-state index contributed by atoms with van der Waals surface area (Å²) in [5.74, 6) is 0. The van der Waals surface area contributed by atoms with Gasteiger partial charge in [0, 0.05) is 22.9 Å². The molecule has 0 fully saturated rings. The number of hydrogen-bond acceptors (Lipinski definition) is 2. The molecule has 0 aromatic heterocycles.